The zero-order valence-electron chi connectivity index (χ0n) is 16.2. The molecule has 2 aliphatic heterocycles. The van der Waals surface area contributed by atoms with Gasteiger partial charge in [0, 0.05) is 33.2 Å². The average Bonchev–Trinajstić information content (AvgIpc) is 2.69. The van der Waals surface area contributed by atoms with Gasteiger partial charge in [-0.05, 0) is 62.6 Å². The number of rotatable bonds is 7. The molecule has 4 heteroatoms. The summed E-state index contributed by atoms with van der Waals surface area (Å²) in [7, 11) is 1.92. The molecule has 2 saturated heterocycles. The summed E-state index contributed by atoms with van der Waals surface area (Å²) in [4.78, 5) is 16.9. The number of benzene rings is 1. The first kappa shape index (κ1) is 19.4. The fourth-order valence-electron chi connectivity index (χ4n) is 4.24. The second-order valence-electron chi connectivity index (χ2n) is 8.10. The Morgan fingerprint density at radius 1 is 1.15 bits per heavy atom. The van der Waals surface area contributed by atoms with Crippen LogP contribution in [0.3, 0.4) is 0 Å². The lowest BCUT2D eigenvalue weighted by atomic mass is 9.91. The minimum absolute atomic E-state index is 0.274. The van der Waals surface area contributed by atoms with Gasteiger partial charge in [0.2, 0.25) is 5.91 Å². The number of hydrogen-bond acceptors (Lipinski definition) is 3. The van der Waals surface area contributed by atoms with E-state index >= 15 is 0 Å². The largest absolute Gasteiger partial charge is 0.381 e. The summed E-state index contributed by atoms with van der Waals surface area (Å²) < 4.78 is 5.61. The van der Waals surface area contributed by atoms with Crippen LogP contribution in [0.1, 0.15) is 44.1 Å². The van der Waals surface area contributed by atoms with Crippen LogP contribution in [-0.2, 0) is 16.1 Å². The van der Waals surface area contributed by atoms with Gasteiger partial charge in [-0.2, -0.15) is 0 Å². The van der Waals surface area contributed by atoms with Crippen LogP contribution in [-0.4, -0.2) is 55.6 Å². The van der Waals surface area contributed by atoms with Crippen LogP contribution < -0.4 is 0 Å². The summed E-state index contributed by atoms with van der Waals surface area (Å²) >= 11 is 0. The van der Waals surface area contributed by atoms with E-state index in [1.807, 2.05) is 30.1 Å². The molecule has 2 fully saturated rings. The molecule has 1 aromatic rings. The molecule has 0 spiro atoms. The van der Waals surface area contributed by atoms with Gasteiger partial charge < -0.3 is 14.5 Å². The van der Waals surface area contributed by atoms with Crippen LogP contribution in [0.2, 0.25) is 0 Å². The molecule has 1 amide bonds. The molecule has 1 atom stereocenters. The van der Waals surface area contributed by atoms with Gasteiger partial charge in [-0.25, -0.2) is 0 Å². The average molecular weight is 359 g/mol. The van der Waals surface area contributed by atoms with Gasteiger partial charge in [-0.1, -0.05) is 30.3 Å². The highest BCUT2D eigenvalue weighted by Gasteiger charge is 2.23. The Kier molecular flexibility index (Phi) is 7.51. The third kappa shape index (κ3) is 6.10. The minimum atomic E-state index is 0.274. The molecule has 0 radical (unpaired) electrons. The Hall–Kier alpha value is -1.39. The Bertz CT molecular complexity index is 534. The Morgan fingerprint density at radius 2 is 1.92 bits per heavy atom. The fourth-order valence-corrected chi connectivity index (χ4v) is 4.24. The number of carbonyl (C=O) groups excluding carboxylic acids is 1. The molecule has 2 heterocycles. The third-order valence-corrected chi connectivity index (χ3v) is 5.93. The number of ether oxygens (including phenoxy) is 1. The Labute approximate surface area is 158 Å². The van der Waals surface area contributed by atoms with Gasteiger partial charge >= 0.3 is 0 Å². The van der Waals surface area contributed by atoms with Gasteiger partial charge in [-0.15, -0.1) is 0 Å². The van der Waals surface area contributed by atoms with Crippen molar-refractivity contribution in [3.63, 3.8) is 0 Å². The first-order chi connectivity index (χ1) is 12.7. The van der Waals surface area contributed by atoms with E-state index in [9.17, 15) is 4.79 Å². The lowest BCUT2D eigenvalue weighted by molar-refractivity contribution is -0.130. The van der Waals surface area contributed by atoms with Crippen molar-refractivity contribution in [2.45, 2.75) is 45.1 Å². The summed E-state index contributed by atoms with van der Waals surface area (Å²) in [5.74, 6) is 1.71. The summed E-state index contributed by atoms with van der Waals surface area (Å²) in [6.45, 7) is 6.19. The van der Waals surface area contributed by atoms with Crippen LogP contribution in [0.25, 0.3) is 0 Å². The quantitative estimate of drug-likeness (QED) is 0.747. The molecule has 2 aliphatic rings. The smallest absolute Gasteiger partial charge is 0.222 e. The summed E-state index contributed by atoms with van der Waals surface area (Å²) in [6.07, 6.45) is 6.75. The van der Waals surface area contributed by atoms with Crippen molar-refractivity contribution < 1.29 is 9.53 Å². The van der Waals surface area contributed by atoms with Crippen molar-refractivity contribution in [3.05, 3.63) is 35.9 Å². The molecule has 0 aliphatic carbocycles. The van der Waals surface area contributed by atoms with Gasteiger partial charge in [0.25, 0.3) is 0 Å². The normalized spacial score (nSPS) is 22.3. The fraction of sp³-hybridized carbons (Fsp3) is 0.682. The molecule has 4 nitrogen and oxygen atoms in total. The van der Waals surface area contributed by atoms with E-state index in [1.54, 1.807) is 0 Å². The molecule has 144 valence electrons. The molecule has 1 aromatic carbocycles. The van der Waals surface area contributed by atoms with Crippen LogP contribution in [0.5, 0.6) is 0 Å². The van der Waals surface area contributed by atoms with E-state index in [2.05, 4.69) is 17.0 Å². The maximum absolute atomic E-state index is 12.4. The highest BCUT2D eigenvalue weighted by atomic mass is 16.5. The van der Waals surface area contributed by atoms with Gasteiger partial charge in [0.05, 0.1) is 6.61 Å². The molecular formula is C22H34N2O2. The summed E-state index contributed by atoms with van der Waals surface area (Å²) in [5.41, 5.74) is 1.20. The van der Waals surface area contributed by atoms with Crippen molar-refractivity contribution in [1.29, 1.82) is 0 Å². The van der Waals surface area contributed by atoms with E-state index in [0.29, 0.717) is 18.9 Å². The predicted octanol–water partition coefficient (Wildman–Crippen LogP) is 3.56. The number of amides is 1. The van der Waals surface area contributed by atoms with Crippen LogP contribution >= 0.6 is 0 Å². The Balaban J connectivity index is 1.32. The first-order valence-electron chi connectivity index (χ1n) is 10.3. The molecule has 3 rings (SSSR count). The SMILES string of the molecule is CN(Cc1ccccc1)C(=O)CCC1CCN(CC2CCCOC2)CC1. The maximum Gasteiger partial charge on any atom is 0.222 e. The highest BCUT2D eigenvalue weighted by molar-refractivity contribution is 5.75. The second-order valence-corrected chi connectivity index (χ2v) is 8.10. The molecule has 0 bridgehead atoms. The van der Waals surface area contributed by atoms with E-state index in [0.717, 1.165) is 25.6 Å². The van der Waals surface area contributed by atoms with Crippen molar-refractivity contribution >= 4 is 5.91 Å². The van der Waals surface area contributed by atoms with Gasteiger partial charge in [0.15, 0.2) is 0 Å². The number of hydrogen-bond donors (Lipinski definition) is 0. The lowest BCUT2D eigenvalue weighted by Gasteiger charge is -2.35. The number of likely N-dealkylation sites (tertiary alicyclic amines) is 1. The standard InChI is InChI=1S/C22H34N2O2/c1-23(16-20-6-3-2-4-7-20)22(25)10-9-19-11-13-24(14-12-19)17-21-8-5-15-26-18-21/h2-4,6-7,19,21H,5,8-18H2,1H3. The lowest BCUT2D eigenvalue weighted by Crippen LogP contribution is -2.39. The monoisotopic (exact) mass is 358 g/mol. The molecule has 0 N–H and O–H groups in total. The maximum atomic E-state index is 12.4. The first-order valence-corrected chi connectivity index (χ1v) is 10.3. The van der Waals surface area contributed by atoms with Gasteiger partial charge in [-0.3, -0.25) is 4.79 Å². The highest BCUT2D eigenvalue weighted by Crippen LogP contribution is 2.24. The van der Waals surface area contributed by atoms with Crippen molar-refractivity contribution in [2.24, 2.45) is 11.8 Å². The Morgan fingerprint density at radius 3 is 2.62 bits per heavy atom. The van der Waals surface area contributed by atoms with E-state index in [4.69, 9.17) is 4.74 Å². The summed E-state index contributed by atoms with van der Waals surface area (Å²) in [6, 6.07) is 10.2. The number of nitrogens with zero attached hydrogens (tertiary/aromatic N) is 2. The van der Waals surface area contributed by atoms with Gasteiger partial charge in [0.1, 0.15) is 0 Å². The zero-order valence-corrected chi connectivity index (χ0v) is 16.2. The molecular weight excluding hydrogens is 324 g/mol. The zero-order chi connectivity index (χ0) is 18.2. The number of piperidine rings is 1. The molecule has 26 heavy (non-hydrogen) atoms. The molecule has 0 saturated carbocycles. The molecule has 1 unspecified atom stereocenters. The van der Waals surface area contributed by atoms with Crippen molar-refractivity contribution in [2.75, 3.05) is 39.9 Å². The van der Waals surface area contributed by atoms with Crippen LogP contribution in [0.15, 0.2) is 30.3 Å². The second kappa shape index (κ2) is 10.1. The van der Waals surface area contributed by atoms with E-state index in [1.165, 1.54) is 50.9 Å². The third-order valence-electron chi connectivity index (χ3n) is 5.93. The minimum Gasteiger partial charge on any atom is -0.381 e. The number of carbonyl (C=O) groups is 1. The summed E-state index contributed by atoms with van der Waals surface area (Å²) in [5, 5.41) is 0. The van der Waals surface area contributed by atoms with Crippen molar-refractivity contribution in [3.8, 4) is 0 Å². The topological polar surface area (TPSA) is 32.8 Å². The molecule has 0 aromatic heterocycles. The van der Waals surface area contributed by atoms with E-state index < -0.39 is 0 Å². The van der Waals surface area contributed by atoms with Crippen LogP contribution in [0.4, 0.5) is 0 Å². The predicted molar refractivity (Wildman–Crippen MR) is 105 cm³/mol. The van der Waals surface area contributed by atoms with E-state index in [-0.39, 0.29) is 5.91 Å². The van der Waals surface area contributed by atoms with Crippen molar-refractivity contribution in [1.82, 2.24) is 9.80 Å². The van der Waals surface area contributed by atoms with Crippen LogP contribution in [0, 0.1) is 11.8 Å².